The number of benzene rings is 1. The molecule has 1 heterocycles. The van der Waals surface area contributed by atoms with Crippen LogP contribution in [0.3, 0.4) is 0 Å². The fourth-order valence-corrected chi connectivity index (χ4v) is 3.43. The van der Waals surface area contributed by atoms with E-state index in [-0.39, 0.29) is 15.8 Å². The molecule has 0 atom stereocenters. The number of carboxylic acid groups (broad SMARTS) is 1. The maximum absolute atomic E-state index is 11.7. The van der Waals surface area contributed by atoms with E-state index in [1.165, 1.54) is 19.4 Å². The number of carboxylic acids is 1. The molecule has 1 saturated heterocycles. The van der Waals surface area contributed by atoms with Crippen molar-refractivity contribution in [2.24, 2.45) is 10.2 Å². The number of nitrogens with one attached hydrogen (secondary N) is 1. The van der Waals surface area contributed by atoms with Crippen LogP contribution in [0.5, 0.6) is 5.75 Å². The van der Waals surface area contributed by atoms with Crippen LogP contribution in [-0.2, 0) is 19.1 Å². The normalized spacial score (nSPS) is 16.8. The standard InChI is InChI=1S/C15H11BrClN3O6S/c1-25-12(23)4-10-14(24)19-15(27-10)20-18-5-7-2-8(17)3-9(16)13(7)26-6-11(21)22/h2-5H,6H2,1H3,(H,21,22)(H,19,20,24)/b10-4+,18-5?. The Bertz CT molecular complexity index is 887. The molecule has 0 spiro atoms. The molecule has 1 fully saturated rings. The van der Waals surface area contributed by atoms with Crippen LogP contribution in [0.15, 0.2) is 37.8 Å². The number of ether oxygens (including phenoxy) is 2. The lowest BCUT2D eigenvalue weighted by molar-refractivity contribution is -0.139. The Kier molecular flexibility index (Phi) is 7.39. The molecule has 142 valence electrons. The molecule has 0 unspecified atom stereocenters. The van der Waals surface area contributed by atoms with Gasteiger partial charge in [-0.1, -0.05) is 11.6 Å². The van der Waals surface area contributed by atoms with Gasteiger partial charge in [-0.05, 0) is 39.8 Å². The van der Waals surface area contributed by atoms with E-state index in [0.29, 0.717) is 15.1 Å². The molecule has 0 saturated carbocycles. The summed E-state index contributed by atoms with van der Waals surface area (Å²) in [5, 5.41) is 19.4. The van der Waals surface area contributed by atoms with Crippen LogP contribution in [0, 0.1) is 0 Å². The van der Waals surface area contributed by atoms with E-state index in [9.17, 15) is 14.4 Å². The molecule has 1 aromatic carbocycles. The van der Waals surface area contributed by atoms with Crippen LogP contribution in [0.1, 0.15) is 5.56 Å². The molecule has 0 aliphatic carbocycles. The van der Waals surface area contributed by atoms with Crippen molar-refractivity contribution in [2.75, 3.05) is 13.7 Å². The monoisotopic (exact) mass is 475 g/mol. The van der Waals surface area contributed by atoms with Gasteiger partial charge in [0.1, 0.15) is 5.75 Å². The van der Waals surface area contributed by atoms with Crippen LogP contribution in [0.2, 0.25) is 5.02 Å². The summed E-state index contributed by atoms with van der Waals surface area (Å²) in [5.41, 5.74) is 0.375. The second-order valence-corrected chi connectivity index (χ2v) is 7.05. The van der Waals surface area contributed by atoms with Crippen LogP contribution in [0.25, 0.3) is 0 Å². The van der Waals surface area contributed by atoms with Gasteiger partial charge in [-0.2, -0.15) is 5.10 Å². The Labute approximate surface area is 170 Å². The summed E-state index contributed by atoms with van der Waals surface area (Å²) in [4.78, 5) is 33.7. The average molecular weight is 477 g/mol. The van der Waals surface area contributed by atoms with Crippen molar-refractivity contribution < 1.29 is 29.0 Å². The fourth-order valence-electron chi connectivity index (χ4n) is 1.75. The van der Waals surface area contributed by atoms with Crippen molar-refractivity contribution in [2.45, 2.75) is 0 Å². The number of aliphatic carboxylic acids is 1. The number of methoxy groups -OCH3 is 1. The Hall–Kier alpha value is -2.37. The summed E-state index contributed by atoms with van der Waals surface area (Å²) >= 11 is 10.1. The molecule has 0 radical (unpaired) electrons. The molecular formula is C15H11BrClN3O6S. The first-order valence-electron chi connectivity index (χ1n) is 7.03. The summed E-state index contributed by atoms with van der Waals surface area (Å²) in [6.45, 7) is -0.552. The highest BCUT2D eigenvalue weighted by Crippen LogP contribution is 2.32. The molecule has 1 aliphatic rings. The van der Waals surface area contributed by atoms with Crippen LogP contribution >= 0.6 is 39.3 Å². The molecule has 12 heteroatoms. The average Bonchev–Trinajstić information content (AvgIpc) is 2.93. The molecule has 9 nitrogen and oxygen atoms in total. The minimum absolute atomic E-state index is 0.117. The molecule has 0 bridgehead atoms. The van der Waals surface area contributed by atoms with E-state index in [1.807, 2.05) is 0 Å². The van der Waals surface area contributed by atoms with E-state index >= 15 is 0 Å². The third-order valence-electron chi connectivity index (χ3n) is 2.82. The van der Waals surface area contributed by atoms with Gasteiger partial charge in [0.2, 0.25) is 0 Å². The topological polar surface area (TPSA) is 127 Å². The zero-order chi connectivity index (χ0) is 20.0. The number of rotatable bonds is 6. The van der Waals surface area contributed by atoms with E-state index in [4.69, 9.17) is 21.4 Å². The fraction of sp³-hybridized carbons (Fsp3) is 0.133. The molecular weight excluding hydrogens is 466 g/mol. The Balaban J connectivity index is 2.19. The highest BCUT2D eigenvalue weighted by Gasteiger charge is 2.25. The lowest BCUT2D eigenvalue weighted by atomic mass is 10.2. The molecule has 27 heavy (non-hydrogen) atoms. The van der Waals surface area contributed by atoms with Gasteiger partial charge < -0.3 is 14.6 Å². The van der Waals surface area contributed by atoms with E-state index in [1.54, 1.807) is 6.07 Å². The number of amides is 1. The molecule has 1 amide bonds. The Morgan fingerprint density at radius 2 is 2.19 bits per heavy atom. The second-order valence-electron chi connectivity index (χ2n) is 4.73. The first-order valence-corrected chi connectivity index (χ1v) is 9.02. The summed E-state index contributed by atoms with van der Waals surface area (Å²) in [6.07, 6.45) is 2.33. The molecule has 1 aromatic rings. The van der Waals surface area contributed by atoms with Gasteiger partial charge in [-0.3, -0.25) is 10.1 Å². The summed E-state index contributed by atoms with van der Waals surface area (Å²) in [6, 6.07) is 3.05. The third kappa shape index (κ3) is 6.08. The minimum atomic E-state index is -1.14. The summed E-state index contributed by atoms with van der Waals surface area (Å²) in [7, 11) is 1.20. The zero-order valence-corrected chi connectivity index (χ0v) is 16.7. The minimum Gasteiger partial charge on any atom is -0.480 e. The first kappa shape index (κ1) is 20.9. The van der Waals surface area contributed by atoms with Gasteiger partial charge in [0.25, 0.3) is 5.91 Å². The molecule has 2 rings (SSSR count). The molecule has 0 aromatic heterocycles. The number of hydrogen-bond donors (Lipinski definition) is 2. The van der Waals surface area contributed by atoms with Gasteiger partial charge in [-0.15, -0.1) is 5.10 Å². The number of hydrogen-bond acceptors (Lipinski definition) is 8. The maximum Gasteiger partial charge on any atom is 0.341 e. The number of carbonyl (C=O) groups excluding carboxylic acids is 2. The van der Waals surface area contributed by atoms with Gasteiger partial charge in [0.05, 0.1) is 22.7 Å². The predicted octanol–water partition coefficient (Wildman–Crippen LogP) is 2.18. The molecule has 1 aliphatic heterocycles. The maximum atomic E-state index is 11.7. The number of esters is 1. The Morgan fingerprint density at radius 1 is 1.44 bits per heavy atom. The van der Waals surface area contributed by atoms with Crippen molar-refractivity contribution in [1.29, 1.82) is 0 Å². The van der Waals surface area contributed by atoms with E-state index in [2.05, 4.69) is 36.2 Å². The number of carbonyl (C=O) groups is 3. The second kappa shape index (κ2) is 9.53. The van der Waals surface area contributed by atoms with Gasteiger partial charge in [0, 0.05) is 16.7 Å². The van der Waals surface area contributed by atoms with Crippen molar-refractivity contribution in [3.63, 3.8) is 0 Å². The van der Waals surface area contributed by atoms with Crippen LogP contribution < -0.4 is 10.1 Å². The number of halogens is 2. The van der Waals surface area contributed by atoms with Gasteiger partial charge in [-0.25, -0.2) is 9.59 Å². The van der Waals surface area contributed by atoms with Crippen molar-refractivity contribution in [1.82, 2.24) is 5.32 Å². The van der Waals surface area contributed by atoms with Crippen molar-refractivity contribution in [3.05, 3.63) is 38.2 Å². The van der Waals surface area contributed by atoms with Crippen LogP contribution in [0.4, 0.5) is 0 Å². The zero-order valence-electron chi connectivity index (χ0n) is 13.6. The summed E-state index contributed by atoms with van der Waals surface area (Å²) < 4.78 is 10.1. The highest BCUT2D eigenvalue weighted by atomic mass is 79.9. The number of nitrogens with zero attached hydrogens (tertiary/aromatic N) is 2. The van der Waals surface area contributed by atoms with Crippen molar-refractivity contribution in [3.8, 4) is 5.75 Å². The van der Waals surface area contributed by atoms with Gasteiger partial charge >= 0.3 is 11.9 Å². The third-order valence-corrected chi connectivity index (χ3v) is 4.53. The lowest BCUT2D eigenvalue weighted by Gasteiger charge is -2.09. The largest absolute Gasteiger partial charge is 0.480 e. The Morgan fingerprint density at radius 3 is 2.85 bits per heavy atom. The lowest BCUT2D eigenvalue weighted by Crippen LogP contribution is -2.19. The van der Waals surface area contributed by atoms with E-state index in [0.717, 1.165) is 17.8 Å². The smallest absolute Gasteiger partial charge is 0.341 e. The quantitative estimate of drug-likeness (QED) is 0.279. The summed E-state index contributed by atoms with van der Waals surface area (Å²) in [5.74, 6) is -2.09. The number of thioether (sulfide) groups is 1. The van der Waals surface area contributed by atoms with Gasteiger partial charge in [0.15, 0.2) is 11.8 Å². The van der Waals surface area contributed by atoms with Crippen LogP contribution in [-0.4, -0.2) is 48.1 Å². The van der Waals surface area contributed by atoms with E-state index < -0.39 is 24.5 Å². The molecule has 2 N–H and O–H groups in total. The number of amidine groups is 1. The highest BCUT2D eigenvalue weighted by molar-refractivity contribution is 9.10. The van der Waals surface area contributed by atoms with Crippen molar-refractivity contribution >= 4 is 68.5 Å². The first-order chi connectivity index (χ1) is 12.8. The SMILES string of the molecule is COC(=O)/C=C1/S/C(=N\N=Cc2cc(Cl)cc(Br)c2OCC(=O)O)NC1=O. The predicted molar refractivity (Wildman–Crippen MR) is 103 cm³/mol.